The number of non-ortho nitro benzene ring substituents is 1. The Balaban J connectivity index is 2.42. The summed E-state index contributed by atoms with van der Waals surface area (Å²) in [5.74, 6) is -0.535. The molecule has 1 N–H and O–H groups in total. The molecule has 0 spiro atoms. The van der Waals surface area contributed by atoms with E-state index in [9.17, 15) is 19.7 Å². The highest BCUT2D eigenvalue weighted by Gasteiger charge is 2.25. The van der Waals surface area contributed by atoms with Gasteiger partial charge in [0, 0.05) is 22.7 Å². The van der Waals surface area contributed by atoms with Gasteiger partial charge < -0.3 is 0 Å². The molecule has 8 heteroatoms. The van der Waals surface area contributed by atoms with Crippen LogP contribution in [0, 0.1) is 10.1 Å². The van der Waals surface area contributed by atoms with E-state index in [4.69, 9.17) is 11.6 Å². The molecule has 18 heavy (non-hydrogen) atoms. The molecule has 1 heterocycles. The maximum atomic E-state index is 11.3. The average Bonchev–Trinajstić information content (AvgIpc) is 2.60. The van der Waals surface area contributed by atoms with E-state index in [0.29, 0.717) is 5.56 Å². The number of amides is 2. The first-order valence-corrected chi connectivity index (χ1v) is 5.85. The van der Waals surface area contributed by atoms with Gasteiger partial charge in [0.05, 0.1) is 9.83 Å². The number of carbonyl (C=O) groups is 2. The Morgan fingerprint density at radius 1 is 1.39 bits per heavy atom. The maximum Gasteiger partial charge on any atom is 0.290 e. The van der Waals surface area contributed by atoms with Gasteiger partial charge in [-0.05, 0) is 23.9 Å². The first-order chi connectivity index (χ1) is 8.47. The largest absolute Gasteiger partial charge is 0.290 e. The summed E-state index contributed by atoms with van der Waals surface area (Å²) < 4.78 is 0. The summed E-state index contributed by atoms with van der Waals surface area (Å²) in [7, 11) is 0. The summed E-state index contributed by atoms with van der Waals surface area (Å²) in [5.41, 5.74) is 0.180. The van der Waals surface area contributed by atoms with Gasteiger partial charge in [0.2, 0.25) is 0 Å². The second kappa shape index (κ2) is 4.79. The van der Waals surface area contributed by atoms with E-state index in [0.717, 1.165) is 11.8 Å². The topological polar surface area (TPSA) is 89.3 Å². The molecule has 1 aromatic carbocycles. The Morgan fingerprint density at radius 2 is 2.11 bits per heavy atom. The van der Waals surface area contributed by atoms with Crippen molar-refractivity contribution in [3.8, 4) is 0 Å². The zero-order valence-corrected chi connectivity index (χ0v) is 10.2. The Morgan fingerprint density at radius 3 is 2.67 bits per heavy atom. The van der Waals surface area contributed by atoms with Crippen LogP contribution in [0.15, 0.2) is 23.1 Å². The minimum Gasteiger partial charge on any atom is -0.282 e. The number of thioether (sulfide) groups is 1. The number of nitrogens with zero attached hydrogens (tertiary/aromatic N) is 1. The fourth-order valence-corrected chi connectivity index (χ4v) is 2.16. The van der Waals surface area contributed by atoms with Gasteiger partial charge in [-0.25, -0.2) is 0 Å². The first-order valence-electron chi connectivity index (χ1n) is 4.66. The van der Waals surface area contributed by atoms with Crippen molar-refractivity contribution in [1.82, 2.24) is 5.32 Å². The molecular formula is C10H5ClN2O4S. The third-order valence-electron chi connectivity index (χ3n) is 2.12. The molecule has 6 nitrogen and oxygen atoms in total. The van der Waals surface area contributed by atoms with E-state index < -0.39 is 16.1 Å². The average molecular weight is 285 g/mol. The molecule has 0 aliphatic carbocycles. The lowest BCUT2D eigenvalue weighted by Gasteiger charge is -1.99. The van der Waals surface area contributed by atoms with Crippen molar-refractivity contribution < 1.29 is 14.5 Å². The lowest BCUT2D eigenvalue weighted by molar-refractivity contribution is -0.384. The van der Waals surface area contributed by atoms with Crippen LogP contribution in [0.25, 0.3) is 6.08 Å². The molecule has 92 valence electrons. The van der Waals surface area contributed by atoms with Gasteiger partial charge in [0.15, 0.2) is 0 Å². The molecule has 0 atom stereocenters. The van der Waals surface area contributed by atoms with Crippen LogP contribution in [-0.4, -0.2) is 16.1 Å². The molecule has 2 amide bonds. The quantitative estimate of drug-likeness (QED) is 0.512. The molecule has 1 aliphatic heterocycles. The third kappa shape index (κ3) is 2.52. The van der Waals surface area contributed by atoms with E-state index in [1.165, 1.54) is 24.3 Å². The highest BCUT2D eigenvalue weighted by atomic mass is 35.5. The number of nitrogens with one attached hydrogen (secondary N) is 1. The molecule has 0 aromatic heterocycles. The summed E-state index contributed by atoms with van der Waals surface area (Å²) in [6, 6.07) is 3.87. The zero-order valence-electron chi connectivity index (χ0n) is 8.68. The van der Waals surface area contributed by atoms with Gasteiger partial charge in [0.25, 0.3) is 16.8 Å². The van der Waals surface area contributed by atoms with Gasteiger partial charge >= 0.3 is 0 Å². The number of carbonyl (C=O) groups excluding carboxylic acids is 2. The number of rotatable bonds is 2. The van der Waals surface area contributed by atoms with Crippen molar-refractivity contribution in [3.05, 3.63) is 43.8 Å². The van der Waals surface area contributed by atoms with E-state index in [1.54, 1.807) is 0 Å². The minimum absolute atomic E-state index is 0.138. The SMILES string of the molecule is O=C1NC(=O)/C(=C\c2cc([N+](=O)[O-])ccc2Cl)S1. The van der Waals surface area contributed by atoms with Crippen molar-refractivity contribution in [1.29, 1.82) is 0 Å². The maximum absolute atomic E-state index is 11.3. The van der Waals surface area contributed by atoms with Crippen LogP contribution in [-0.2, 0) is 4.79 Å². The molecule has 1 aliphatic rings. The van der Waals surface area contributed by atoms with Crippen LogP contribution >= 0.6 is 23.4 Å². The normalized spacial score (nSPS) is 17.1. The van der Waals surface area contributed by atoms with Gasteiger partial charge in [-0.15, -0.1) is 0 Å². The fraction of sp³-hybridized carbons (Fsp3) is 0. The molecule has 1 fully saturated rings. The number of imide groups is 1. The predicted molar refractivity (Wildman–Crippen MR) is 67.2 cm³/mol. The molecule has 2 rings (SSSR count). The van der Waals surface area contributed by atoms with E-state index in [2.05, 4.69) is 5.32 Å². The second-order valence-electron chi connectivity index (χ2n) is 3.32. The van der Waals surface area contributed by atoms with Crippen LogP contribution in [0.3, 0.4) is 0 Å². The van der Waals surface area contributed by atoms with Gasteiger partial charge in [-0.1, -0.05) is 11.6 Å². The van der Waals surface area contributed by atoms with Crippen LogP contribution in [0.2, 0.25) is 5.02 Å². The first kappa shape index (κ1) is 12.6. The van der Waals surface area contributed by atoms with Crippen molar-refractivity contribution in [3.63, 3.8) is 0 Å². The third-order valence-corrected chi connectivity index (χ3v) is 3.27. The molecule has 0 bridgehead atoms. The summed E-state index contributed by atoms with van der Waals surface area (Å²) in [4.78, 5) is 32.5. The molecule has 1 aromatic rings. The summed E-state index contributed by atoms with van der Waals surface area (Å²) in [5, 5.41) is 12.5. The molecule has 0 saturated carbocycles. The summed E-state index contributed by atoms with van der Waals surface area (Å²) in [6.45, 7) is 0. The number of benzene rings is 1. The van der Waals surface area contributed by atoms with E-state index in [-0.39, 0.29) is 15.6 Å². The number of hydrogen-bond donors (Lipinski definition) is 1. The molecule has 0 radical (unpaired) electrons. The van der Waals surface area contributed by atoms with Crippen molar-refractivity contribution >= 4 is 46.3 Å². The van der Waals surface area contributed by atoms with Crippen molar-refractivity contribution in [2.75, 3.05) is 0 Å². The molecule has 1 saturated heterocycles. The number of hydrogen-bond acceptors (Lipinski definition) is 5. The van der Waals surface area contributed by atoms with Crippen LogP contribution in [0.4, 0.5) is 10.5 Å². The lowest BCUT2D eigenvalue weighted by atomic mass is 10.2. The standard InChI is InChI=1S/C10H5ClN2O4S/c11-7-2-1-6(13(16)17)3-5(7)4-8-9(14)12-10(15)18-8/h1-4H,(H,12,14,15)/b8-4+. The number of nitro benzene ring substituents is 1. The van der Waals surface area contributed by atoms with Crippen molar-refractivity contribution in [2.45, 2.75) is 0 Å². The highest BCUT2D eigenvalue weighted by molar-refractivity contribution is 8.18. The van der Waals surface area contributed by atoms with E-state index >= 15 is 0 Å². The molecular weight excluding hydrogens is 280 g/mol. The summed E-state index contributed by atoms with van der Waals surface area (Å²) in [6.07, 6.45) is 1.35. The minimum atomic E-state index is -0.564. The van der Waals surface area contributed by atoms with Crippen molar-refractivity contribution in [2.24, 2.45) is 0 Å². The smallest absolute Gasteiger partial charge is 0.282 e. The second-order valence-corrected chi connectivity index (χ2v) is 4.74. The monoisotopic (exact) mass is 284 g/mol. The zero-order chi connectivity index (χ0) is 13.3. The summed E-state index contributed by atoms with van der Waals surface area (Å²) >= 11 is 6.59. The Hall–Kier alpha value is -1.86. The predicted octanol–water partition coefficient (Wildman–Crippen LogP) is 2.57. The Bertz CT molecular complexity index is 600. The van der Waals surface area contributed by atoms with Gasteiger partial charge in [-0.3, -0.25) is 25.0 Å². The fourth-order valence-electron chi connectivity index (χ4n) is 1.32. The van der Waals surface area contributed by atoms with Gasteiger partial charge in [-0.2, -0.15) is 0 Å². The van der Waals surface area contributed by atoms with Gasteiger partial charge in [0.1, 0.15) is 0 Å². The highest BCUT2D eigenvalue weighted by Crippen LogP contribution is 2.29. The van der Waals surface area contributed by atoms with Crippen LogP contribution in [0.1, 0.15) is 5.56 Å². The lowest BCUT2D eigenvalue weighted by Crippen LogP contribution is -2.17. The van der Waals surface area contributed by atoms with Crippen LogP contribution in [0.5, 0.6) is 0 Å². The number of halogens is 1. The molecule has 0 unspecified atom stereocenters. The van der Waals surface area contributed by atoms with Crippen LogP contribution < -0.4 is 5.32 Å². The Kier molecular flexibility index (Phi) is 3.35. The van der Waals surface area contributed by atoms with E-state index in [1.807, 2.05) is 0 Å². The number of nitro groups is 1. The Labute approximate surface area is 110 Å².